The minimum atomic E-state index is -0.400. The fourth-order valence-electron chi connectivity index (χ4n) is 2.87. The highest BCUT2D eigenvalue weighted by Crippen LogP contribution is 2.32. The number of benzene rings is 1. The first-order valence-electron chi connectivity index (χ1n) is 7.11. The Balaban J connectivity index is 1.93. The van der Waals surface area contributed by atoms with E-state index in [9.17, 15) is 4.39 Å². The van der Waals surface area contributed by atoms with Gasteiger partial charge in [-0.05, 0) is 31.0 Å². The van der Waals surface area contributed by atoms with Crippen molar-refractivity contribution in [1.29, 1.82) is 0 Å². The molecule has 5 heteroatoms. The highest BCUT2D eigenvalue weighted by molar-refractivity contribution is 5.61. The topological polar surface area (TPSA) is 56.7 Å². The maximum Gasteiger partial charge on any atom is 0.158 e. The molecule has 0 atom stereocenters. The number of nitrogen functional groups attached to an aromatic ring is 1. The first-order chi connectivity index (χ1) is 9.65. The van der Waals surface area contributed by atoms with Crippen LogP contribution in [0.15, 0.2) is 18.2 Å². The number of aryl methyl sites for hydroxylation is 1. The molecule has 0 aliphatic heterocycles. The van der Waals surface area contributed by atoms with Crippen LogP contribution in [0.3, 0.4) is 0 Å². The molecule has 1 aromatic carbocycles. The lowest BCUT2D eigenvalue weighted by molar-refractivity contribution is 0.427. The van der Waals surface area contributed by atoms with E-state index in [0.717, 1.165) is 30.1 Å². The summed E-state index contributed by atoms with van der Waals surface area (Å²) in [7, 11) is 1.87. The van der Waals surface area contributed by atoms with E-state index in [2.05, 4.69) is 10.1 Å². The molecule has 1 fully saturated rings. The normalized spacial score (nSPS) is 16.5. The Kier molecular flexibility index (Phi) is 3.42. The van der Waals surface area contributed by atoms with Crippen LogP contribution in [0, 0.1) is 5.82 Å². The monoisotopic (exact) mass is 274 g/mol. The van der Waals surface area contributed by atoms with Gasteiger partial charge in [0, 0.05) is 18.5 Å². The summed E-state index contributed by atoms with van der Waals surface area (Å²) < 4.78 is 15.0. The fourth-order valence-corrected chi connectivity index (χ4v) is 2.87. The molecule has 0 spiro atoms. The molecule has 0 saturated heterocycles. The van der Waals surface area contributed by atoms with Crippen LogP contribution in [-0.2, 0) is 7.05 Å². The zero-order valence-corrected chi connectivity index (χ0v) is 11.6. The predicted octanol–water partition coefficient (Wildman–Crippen LogP) is 3.25. The second-order valence-electron chi connectivity index (χ2n) is 5.49. The molecule has 4 nitrogen and oxygen atoms in total. The molecule has 0 bridgehead atoms. The first kappa shape index (κ1) is 13.1. The lowest BCUT2D eigenvalue weighted by Crippen LogP contribution is -2.06. The van der Waals surface area contributed by atoms with Gasteiger partial charge in [0.1, 0.15) is 5.82 Å². The van der Waals surface area contributed by atoms with Crippen molar-refractivity contribution < 1.29 is 4.39 Å². The second kappa shape index (κ2) is 5.23. The van der Waals surface area contributed by atoms with Crippen molar-refractivity contribution in [2.45, 2.75) is 38.0 Å². The van der Waals surface area contributed by atoms with Gasteiger partial charge in [-0.25, -0.2) is 14.1 Å². The summed E-state index contributed by atoms with van der Waals surface area (Å²) in [5.41, 5.74) is 6.57. The largest absolute Gasteiger partial charge is 0.396 e. The lowest BCUT2D eigenvalue weighted by Gasteiger charge is -2.18. The molecule has 106 valence electrons. The fraction of sp³-hybridized carbons (Fsp3) is 0.467. The minimum absolute atomic E-state index is 0.143. The van der Waals surface area contributed by atoms with Crippen LogP contribution >= 0.6 is 0 Å². The van der Waals surface area contributed by atoms with Crippen molar-refractivity contribution in [3.8, 4) is 11.4 Å². The summed E-state index contributed by atoms with van der Waals surface area (Å²) in [6, 6.07) is 4.68. The molecule has 1 saturated carbocycles. The average Bonchev–Trinajstić information content (AvgIpc) is 2.85. The van der Waals surface area contributed by atoms with Gasteiger partial charge in [-0.15, -0.1) is 0 Å². The third-order valence-electron chi connectivity index (χ3n) is 4.00. The molecule has 2 aromatic rings. The van der Waals surface area contributed by atoms with E-state index >= 15 is 0 Å². The van der Waals surface area contributed by atoms with Crippen LogP contribution in [0.4, 0.5) is 10.1 Å². The Morgan fingerprint density at radius 3 is 2.70 bits per heavy atom. The standard InChI is InChI=1S/C15H19FN4/c1-20-15(11-7-8-12(16)13(17)9-11)18-14(19-20)10-5-3-2-4-6-10/h7-10H,2-6,17H2,1H3. The Bertz CT molecular complexity index is 614. The average molecular weight is 274 g/mol. The maximum atomic E-state index is 13.2. The third kappa shape index (κ3) is 2.40. The van der Waals surface area contributed by atoms with Crippen LogP contribution in [0.25, 0.3) is 11.4 Å². The Hall–Kier alpha value is -1.91. The number of rotatable bonds is 2. The van der Waals surface area contributed by atoms with Gasteiger partial charge in [-0.2, -0.15) is 5.10 Å². The van der Waals surface area contributed by atoms with E-state index in [4.69, 9.17) is 5.73 Å². The van der Waals surface area contributed by atoms with Crippen molar-refractivity contribution in [2.24, 2.45) is 7.05 Å². The van der Waals surface area contributed by atoms with Crippen LogP contribution in [-0.4, -0.2) is 14.8 Å². The van der Waals surface area contributed by atoms with Crippen LogP contribution in [0.2, 0.25) is 0 Å². The zero-order valence-electron chi connectivity index (χ0n) is 11.6. The molecule has 0 unspecified atom stereocenters. The van der Waals surface area contributed by atoms with E-state index in [-0.39, 0.29) is 5.69 Å². The molecule has 0 amide bonds. The molecule has 1 heterocycles. The van der Waals surface area contributed by atoms with Gasteiger partial charge in [0.2, 0.25) is 0 Å². The molecule has 0 radical (unpaired) electrons. The lowest BCUT2D eigenvalue weighted by atomic mass is 9.89. The SMILES string of the molecule is Cn1nc(C2CCCCC2)nc1-c1ccc(F)c(N)c1. The highest BCUT2D eigenvalue weighted by Gasteiger charge is 2.21. The first-order valence-corrected chi connectivity index (χ1v) is 7.11. The number of nitrogens with two attached hydrogens (primary N) is 1. The third-order valence-corrected chi connectivity index (χ3v) is 4.00. The molecular weight excluding hydrogens is 255 g/mol. The van der Waals surface area contributed by atoms with Crippen LogP contribution in [0.1, 0.15) is 43.8 Å². The summed E-state index contributed by atoms with van der Waals surface area (Å²) in [4.78, 5) is 4.65. The van der Waals surface area contributed by atoms with E-state index < -0.39 is 5.82 Å². The highest BCUT2D eigenvalue weighted by atomic mass is 19.1. The maximum absolute atomic E-state index is 13.2. The van der Waals surface area contributed by atoms with E-state index in [0.29, 0.717) is 5.92 Å². The predicted molar refractivity (Wildman–Crippen MR) is 76.6 cm³/mol. The number of hydrogen-bond acceptors (Lipinski definition) is 3. The van der Waals surface area contributed by atoms with Gasteiger partial charge in [0.15, 0.2) is 11.6 Å². The summed E-state index contributed by atoms with van der Waals surface area (Å²) in [5.74, 6) is 1.72. The smallest absolute Gasteiger partial charge is 0.158 e. The van der Waals surface area contributed by atoms with E-state index in [1.54, 1.807) is 16.8 Å². The molecule has 20 heavy (non-hydrogen) atoms. The van der Waals surface area contributed by atoms with Crippen molar-refractivity contribution in [1.82, 2.24) is 14.8 Å². The Labute approximate surface area is 117 Å². The second-order valence-corrected chi connectivity index (χ2v) is 5.49. The quantitative estimate of drug-likeness (QED) is 0.855. The van der Waals surface area contributed by atoms with Gasteiger partial charge >= 0.3 is 0 Å². The Morgan fingerprint density at radius 2 is 2.00 bits per heavy atom. The van der Waals surface area contributed by atoms with Gasteiger partial charge in [-0.3, -0.25) is 0 Å². The number of halogens is 1. The molecule has 1 aromatic heterocycles. The molecule has 3 rings (SSSR count). The molecular formula is C15H19FN4. The number of aromatic nitrogens is 3. The molecule has 2 N–H and O–H groups in total. The van der Waals surface area contributed by atoms with E-state index in [1.807, 2.05) is 7.05 Å². The number of hydrogen-bond donors (Lipinski definition) is 1. The summed E-state index contributed by atoms with van der Waals surface area (Å²) in [6.07, 6.45) is 6.14. The van der Waals surface area contributed by atoms with Crippen molar-refractivity contribution in [2.75, 3.05) is 5.73 Å². The van der Waals surface area contributed by atoms with Crippen molar-refractivity contribution >= 4 is 5.69 Å². The minimum Gasteiger partial charge on any atom is -0.396 e. The van der Waals surface area contributed by atoms with Gasteiger partial charge in [-0.1, -0.05) is 19.3 Å². The van der Waals surface area contributed by atoms with Gasteiger partial charge in [0.05, 0.1) is 5.69 Å². The summed E-state index contributed by atoms with van der Waals surface area (Å²) in [6.45, 7) is 0. The van der Waals surface area contributed by atoms with Crippen LogP contribution in [0.5, 0.6) is 0 Å². The van der Waals surface area contributed by atoms with Crippen molar-refractivity contribution in [3.63, 3.8) is 0 Å². The van der Waals surface area contributed by atoms with E-state index in [1.165, 1.54) is 25.3 Å². The summed E-state index contributed by atoms with van der Waals surface area (Å²) >= 11 is 0. The molecule has 1 aliphatic carbocycles. The van der Waals surface area contributed by atoms with Crippen molar-refractivity contribution in [3.05, 3.63) is 29.8 Å². The van der Waals surface area contributed by atoms with Crippen LogP contribution < -0.4 is 5.73 Å². The van der Waals surface area contributed by atoms with Gasteiger partial charge in [0.25, 0.3) is 0 Å². The number of anilines is 1. The Morgan fingerprint density at radius 1 is 1.25 bits per heavy atom. The van der Waals surface area contributed by atoms with Gasteiger partial charge < -0.3 is 5.73 Å². The summed E-state index contributed by atoms with van der Waals surface area (Å²) in [5, 5.41) is 4.53. The zero-order chi connectivity index (χ0) is 14.1. The molecule has 1 aliphatic rings. The number of nitrogens with zero attached hydrogens (tertiary/aromatic N) is 3.